The standard InChI is InChI=1S/C16H13N3O4S/c1-10-16(20)18-14-8-12(4-7-15(14)23-10)19-24(21,22)13-5-2-11(9-17)3-6-13/h2-8,10,19H,1H3,(H,18,20)/t10-/m1/s1. The van der Waals surface area contributed by atoms with Crippen molar-refractivity contribution in [3.05, 3.63) is 48.0 Å². The molecule has 2 aromatic carbocycles. The van der Waals surface area contributed by atoms with Crippen molar-refractivity contribution in [1.82, 2.24) is 0 Å². The van der Waals surface area contributed by atoms with Gasteiger partial charge in [0.05, 0.1) is 27.9 Å². The van der Waals surface area contributed by atoms with E-state index < -0.39 is 16.1 Å². The molecule has 1 amide bonds. The number of fused-ring (bicyclic) bond motifs is 1. The summed E-state index contributed by atoms with van der Waals surface area (Å²) < 4.78 is 32.6. The van der Waals surface area contributed by atoms with Gasteiger partial charge in [-0.1, -0.05) is 0 Å². The van der Waals surface area contributed by atoms with Crippen molar-refractivity contribution < 1.29 is 17.9 Å². The highest BCUT2D eigenvalue weighted by atomic mass is 32.2. The van der Waals surface area contributed by atoms with Crippen LogP contribution in [0.1, 0.15) is 12.5 Å². The molecule has 1 aliphatic rings. The first-order valence-electron chi connectivity index (χ1n) is 7.03. The molecule has 0 bridgehead atoms. The zero-order valence-corrected chi connectivity index (χ0v) is 13.4. The molecule has 0 saturated heterocycles. The number of carbonyl (C=O) groups excluding carboxylic acids is 1. The minimum absolute atomic E-state index is 0.0353. The highest BCUT2D eigenvalue weighted by molar-refractivity contribution is 7.92. The molecule has 1 aliphatic heterocycles. The van der Waals surface area contributed by atoms with Crippen LogP contribution < -0.4 is 14.8 Å². The van der Waals surface area contributed by atoms with Crippen molar-refractivity contribution in [1.29, 1.82) is 5.26 Å². The molecule has 0 saturated carbocycles. The van der Waals surface area contributed by atoms with E-state index in [1.165, 1.54) is 30.3 Å². The molecule has 8 heteroatoms. The maximum atomic E-state index is 12.4. The maximum absolute atomic E-state index is 12.4. The minimum atomic E-state index is -3.80. The van der Waals surface area contributed by atoms with Crippen molar-refractivity contribution in [2.75, 3.05) is 10.0 Å². The Bertz CT molecular complexity index is 946. The van der Waals surface area contributed by atoms with Gasteiger partial charge in [0.1, 0.15) is 5.75 Å². The summed E-state index contributed by atoms with van der Waals surface area (Å²) in [6, 6.07) is 12.1. The zero-order chi connectivity index (χ0) is 17.3. The first kappa shape index (κ1) is 15.8. The van der Waals surface area contributed by atoms with Gasteiger partial charge < -0.3 is 10.1 Å². The van der Waals surface area contributed by atoms with Gasteiger partial charge in [-0.2, -0.15) is 5.26 Å². The molecule has 0 fully saturated rings. The Morgan fingerprint density at radius 1 is 1.21 bits per heavy atom. The van der Waals surface area contributed by atoms with Gasteiger partial charge in [0.25, 0.3) is 15.9 Å². The van der Waals surface area contributed by atoms with E-state index in [0.717, 1.165) is 0 Å². The Labute approximate surface area is 138 Å². The van der Waals surface area contributed by atoms with Gasteiger partial charge in [0.2, 0.25) is 0 Å². The van der Waals surface area contributed by atoms with E-state index in [0.29, 0.717) is 17.0 Å². The van der Waals surface area contributed by atoms with Gasteiger partial charge in [0, 0.05) is 0 Å². The topological polar surface area (TPSA) is 108 Å². The van der Waals surface area contributed by atoms with Crippen molar-refractivity contribution >= 4 is 27.3 Å². The molecular weight excluding hydrogens is 330 g/mol. The molecule has 0 spiro atoms. The predicted octanol–water partition coefficient (Wildman–Crippen LogP) is 2.08. The third kappa shape index (κ3) is 3.02. The smallest absolute Gasteiger partial charge is 0.265 e. The molecule has 0 radical (unpaired) electrons. The number of hydrogen-bond donors (Lipinski definition) is 2. The fraction of sp³-hybridized carbons (Fsp3) is 0.125. The van der Waals surface area contributed by atoms with Gasteiger partial charge in [-0.25, -0.2) is 8.42 Å². The largest absolute Gasteiger partial charge is 0.479 e. The number of nitrogens with zero attached hydrogens (tertiary/aromatic N) is 1. The van der Waals surface area contributed by atoms with Crippen LogP contribution in [0.25, 0.3) is 0 Å². The lowest BCUT2D eigenvalue weighted by molar-refractivity contribution is -0.122. The minimum Gasteiger partial charge on any atom is -0.479 e. The Morgan fingerprint density at radius 2 is 1.92 bits per heavy atom. The second-order valence-corrected chi connectivity index (χ2v) is 6.88. The second-order valence-electron chi connectivity index (χ2n) is 5.20. The van der Waals surface area contributed by atoms with Crippen molar-refractivity contribution in [3.63, 3.8) is 0 Å². The number of carbonyl (C=O) groups is 1. The Morgan fingerprint density at radius 3 is 2.58 bits per heavy atom. The molecule has 1 atom stereocenters. The summed E-state index contributed by atoms with van der Waals surface area (Å²) in [5, 5.41) is 11.4. The summed E-state index contributed by atoms with van der Waals surface area (Å²) in [5.41, 5.74) is 1.06. The van der Waals surface area contributed by atoms with Crippen molar-refractivity contribution in [2.45, 2.75) is 17.9 Å². The van der Waals surface area contributed by atoms with Crippen LogP contribution in [0.4, 0.5) is 11.4 Å². The van der Waals surface area contributed by atoms with Crippen LogP contribution in [0.3, 0.4) is 0 Å². The SMILES string of the molecule is C[C@H]1Oc2ccc(NS(=O)(=O)c3ccc(C#N)cc3)cc2NC1=O. The van der Waals surface area contributed by atoms with Crippen LogP contribution in [0, 0.1) is 11.3 Å². The normalized spacial score (nSPS) is 16.3. The lowest BCUT2D eigenvalue weighted by Crippen LogP contribution is -2.34. The average molecular weight is 343 g/mol. The van der Waals surface area contributed by atoms with E-state index in [2.05, 4.69) is 10.0 Å². The number of anilines is 2. The summed E-state index contributed by atoms with van der Waals surface area (Å²) in [6.45, 7) is 1.62. The van der Waals surface area contributed by atoms with E-state index in [1.54, 1.807) is 19.1 Å². The summed E-state index contributed by atoms with van der Waals surface area (Å²) in [6.07, 6.45) is -0.598. The number of benzene rings is 2. The number of sulfonamides is 1. The number of nitriles is 1. The summed E-state index contributed by atoms with van der Waals surface area (Å²) in [4.78, 5) is 11.7. The monoisotopic (exact) mass is 343 g/mol. The van der Waals surface area contributed by atoms with Gasteiger partial charge in [-0.05, 0) is 49.4 Å². The summed E-state index contributed by atoms with van der Waals surface area (Å²) >= 11 is 0. The van der Waals surface area contributed by atoms with Crippen LogP contribution in [0.15, 0.2) is 47.4 Å². The summed E-state index contributed by atoms with van der Waals surface area (Å²) in [7, 11) is -3.80. The molecule has 0 aliphatic carbocycles. The molecule has 2 aromatic rings. The van der Waals surface area contributed by atoms with E-state index in [4.69, 9.17) is 10.00 Å². The van der Waals surface area contributed by atoms with Crippen LogP contribution >= 0.6 is 0 Å². The lowest BCUT2D eigenvalue weighted by Gasteiger charge is -2.23. The van der Waals surface area contributed by atoms with Gasteiger partial charge in [-0.15, -0.1) is 0 Å². The number of ether oxygens (including phenoxy) is 1. The van der Waals surface area contributed by atoms with Crippen LogP contribution in [0.5, 0.6) is 5.75 Å². The van der Waals surface area contributed by atoms with Gasteiger partial charge in [0.15, 0.2) is 6.10 Å². The zero-order valence-electron chi connectivity index (χ0n) is 12.6. The molecule has 24 heavy (non-hydrogen) atoms. The van der Waals surface area contributed by atoms with Crippen LogP contribution in [-0.2, 0) is 14.8 Å². The number of rotatable bonds is 3. The average Bonchev–Trinajstić information content (AvgIpc) is 2.56. The molecule has 2 N–H and O–H groups in total. The van der Waals surface area contributed by atoms with Crippen LogP contribution in [0.2, 0.25) is 0 Å². The van der Waals surface area contributed by atoms with Gasteiger partial charge in [-0.3, -0.25) is 9.52 Å². The maximum Gasteiger partial charge on any atom is 0.265 e. The Balaban J connectivity index is 1.86. The van der Waals surface area contributed by atoms with Crippen LogP contribution in [-0.4, -0.2) is 20.4 Å². The predicted molar refractivity (Wildman–Crippen MR) is 87.1 cm³/mol. The van der Waals surface area contributed by atoms with E-state index in [9.17, 15) is 13.2 Å². The highest BCUT2D eigenvalue weighted by Gasteiger charge is 2.24. The van der Waals surface area contributed by atoms with E-state index in [-0.39, 0.29) is 16.5 Å². The highest BCUT2D eigenvalue weighted by Crippen LogP contribution is 2.32. The number of amides is 1. The number of hydrogen-bond acceptors (Lipinski definition) is 5. The van der Waals surface area contributed by atoms with E-state index >= 15 is 0 Å². The molecule has 3 rings (SSSR count). The quantitative estimate of drug-likeness (QED) is 0.887. The lowest BCUT2D eigenvalue weighted by atomic mass is 10.2. The first-order chi connectivity index (χ1) is 11.4. The number of nitrogens with one attached hydrogen (secondary N) is 2. The second kappa shape index (κ2) is 5.86. The molecular formula is C16H13N3O4S. The third-order valence-electron chi connectivity index (χ3n) is 3.46. The molecule has 1 heterocycles. The Hall–Kier alpha value is -3.05. The molecule has 0 unspecified atom stereocenters. The molecule has 0 aromatic heterocycles. The van der Waals surface area contributed by atoms with Crippen molar-refractivity contribution in [3.8, 4) is 11.8 Å². The van der Waals surface area contributed by atoms with E-state index in [1.807, 2.05) is 6.07 Å². The fourth-order valence-electron chi connectivity index (χ4n) is 2.19. The Kier molecular flexibility index (Phi) is 3.87. The fourth-order valence-corrected chi connectivity index (χ4v) is 3.24. The molecule has 122 valence electrons. The third-order valence-corrected chi connectivity index (χ3v) is 4.85. The van der Waals surface area contributed by atoms with Crippen molar-refractivity contribution in [2.24, 2.45) is 0 Å². The molecule has 7 nitrogen and oxygen atoms in total. The van der Waals surface area contributed by atoms with Gasteiger partial charge >= 0.3 is 0 Å². The first-order valence-corrected chi connectivity index (χ1v) is 8.52. The summed E-state index contributed by atoms with van der Waals surface area (Å²) in [5.74, 6) is 0.179.